The molecule has 4 nitrogen and oxygen atoms in total. The maximum atomic E-state index is 11.8. The van der Waals surface area contributed by atoms with Crippen molar-refractivity contribution in [2.24, 2.45) is 5.92 Å². The first kappa shape index (κ1) is 23.2. The number of hydrogen-bond donors (Lipinski definition) is 2. The molecule has 0 heterocycles. The van der Waals surface area contributed by atoms with Gasteiger partial charge >= 0.3 is 11.9 Å². The number of carboxylic acids is 2. The van der Waals surface area contributed by atoms with Crippen LogP contribution in [0.25, 0.3) is 0 Å². The molecule has 0 saturated heterocycles. The first-order valence-corrected chi connectivity index (χ1v) is 10.5. The van der Waals surface area contributed by atoms with Crippen molar-refractivity contribution < 1.29 is 19.8 Å². The molecule has 0 aliphatic rings. The SMILES string of the molecule is CCCCCCc1ccc(C(=O)O)c(C(=O)O)c1CCCCCCC(C)C. The quantitative estimate of drug-likeness (QED) is 0.371. The van der Waals surface area contributed by atoms with E-state index >= 15 is 0 Å². The van der Waals surface area contributed by atoms with Crippen molar-refractivity contribution in [1.82, 2.24) is 0 Å². The molecule has 1 rings (SSSR count). The summed E-state index contributed by atoms with van der Waals surface area (Å²) in [6.45, 7) is 6.61. The maximum Gasteiger partial charge on any atom is 0.336 e. The van der Waals surface area contributed by atoms with E-state index in [9.17, 15) is 19.8 Å². The fourth-order valence-electron chi connectivity index (χ4n) is 3.58. The van der Waals surface area contributed by atoms with Crippen LogP contribution in [0.5, 0.6) is 0 Å². The van der Waals surface area contributed by atoms with Crippen LogP contribution in [0.3, 0.4) is 0 Å². The smallest absolute Gasteiger partial charge is 0.336 e. The highest BCUT2D eigenvalue weighted by atomic mass is 16.4. The highest BCUT2D eigenvalue weighted by molar-refractivity contribution is 6.03. The van der Waals surface area contributed by atoms with Crippen LogP contribution in [0, 0.1) is 5.92 Å². The first-order chi connectivity index (χ1) is 12.9. The topological polar surface area (TPSA) is 74.6 Å². The molecule has 0 spiro atoms. The standard InChI is InChI=1S/C23H36O4/c1-4-5-6-10-13-18-15-16-20(22(24)25)21(23(26)27)19(18)14-11-8-7-9-12-17(2)3/h15-17H,4-14H2,1-3H3,(H,24,25)(H,26,27). The Bertz CT molecular complexity index is 605. The normalized spacial score (nSPS) is 11.1. The highest BCUT2D eigenvalue weighted by Gasteiger charge is 2.22. The molecule has 0 amide bonds. The largest absolute Gasteiger partial charge is 0.478 e. The zero-order valence-corrected chi connectivity index (χ0v) is 17.2. The third-order valence-electron chi connectivity index (χ3n) is 5.11. The summed E-state index contributed by atoms with van der Waals surface area (Å²) in [5.74, 6) is -1.58. The molecule has 1 aromatic carbocycles. The summed E-state index contributed by atoms with van der Waals surface area (Å²) in [5, 5.41) is 19.1. The van der Waals surface area contributed by atoms with Crippen LogP contribution in [0.15, 0.2) is 12.1 Å². The lowest BCUT2D eigenvalue weighted by Crippen LogP contribution is -2.14. The average Bonchev–Trinajstić information content (AvgIpc) is 2.61. The number of hydrogen-bond acceptors (Lipinski definition) is 2. The zero-order valence-electron chi connectivity index (χ0n) is 17.2. The third kappa shape index (κ3) is 8.15. The van der Waals surface area contributed by atoms with E-state index in [2.05, 4.69) is 20.8 Å². The second-order valence-electron chi connectivity index (χ2n) is 7.89. The molecule has 2 N–H and O–H groups in total. The fourth-order valence-corrected chi connectivity index (χ4v) is 3.58. The van der Waals surface area contributed by atoms with E-state index in [1.54, 1.807) is 0 Å². The Hall–Kier alpha value is -1.84. The summed E-state index contributed by atoms with van der Waals surface area (Å²) in [4.78, 5) is 23.3. The molecule has 4 heteroatoms. The Labute approximate surface area is 164 Å². The van der Waals surface area contributed by atoms with Crippen molar-refractivity contribution >= 4 is 11.9 Å². The van der Waals surface area contributed by atoms with Gasteiger partial charge in [-0.2, -0.15) is 0 Å². The fraction of sp³-hybridized carbons (Fsp3) is 0.652. The number of aromatic carboxylic acids is 2. The summed E-state index contributed by atoms with van der Waals surface area (Å²) >= 11 is 0. The van der Waals surface area contributed by atoms with Crippen molar-refractivity contribution in [3.05, 3.63) is 34.4 Å². The van der Waals surface area contributed by atoms with Gasteiger partial charge in [0.2, 0.25) is 0 Å². The molecular formula is C23H36O4. The minimum atomic E-state index is -1.16. The average molecular weight is 377 g/mol. The van der Waals surface area contributed by atoms with Crippen molar-refractivity contribution in [3.8, 4) is 0 Å². The van der Waals surface area contributed by atoms with Crippen LogP contribution in [0.4, 0.5) is 0 Å². The van der Waals surface area contributed by atoms with E-state index in [1.165, 1.54) is 25.3 Å². The zero-order chi connectivity index (χ0) is 20.2. The molecule has 0 fully saturated rings. The first-order valence-electron chi connectivity index (χ1n) is 10.5. The Kier molecular flexibility index (Phi) is 10.8. The molecule has 0 unspecified atom stereocenters. The molecule has 0 atom stereocenters. The predicted molar refractivity (Wildman–Crippen MR) is 110 cm³/mol. The second-order valence-corrected chi connectivity index (χ2v) is 7.89. The molecule has 152 valence electrons. The van der Waals surface area contributed by atoms with Crippen LogP contribution >= 0.6 is 0 Å². The van der Waals surface area contributed by atoms with Crippen LogP contribution in [0.2, 0.25) is 0 Å². The Morgan fingerprint density at radius 1 is 0.852 bits per heavy atom. The maximum absolute atomic E-state index is 11.8. The molecule has 0 aliphatic heterocycles. The predicted octanol–water partition coefficient (Wildman–Crippen LogP) is 6.35. The molecule has 0 bridgehead atoms. The number of carbonyl (C=O) groups is 2. The van der Waals surface area contributed by atoms with Gasteiger partial charge in [-0.3, -0.25) is 0 Å². The van der Waals surface area contributed by atoms with E-state index in [0.717, 1.165) is 56.1 Å². The van der Waals surface area contributed by atoms with Crippen LogP contribution in [0.1, 0.15) is 110 Å². The number of carboxylic acid groups (broad SMARTS) is 2. The van der Waals surface area contributed by atoms with E-state index in [4.69, 9.17) is 0 Å². The van der Waals surface area contributed by atoms with Crippen molar-refractivity contribution in [2.45, 2.75) is 91.4 Å². The van der Waals surface area contributed by atoms with Crippen molar-refractivity contribution in [1.29, 1.82) is 0 Å². The summed E-state index contributed by atoms with van der Waals surface area (Å²) in [6, 6.07) is 3.29. The second kappa shape index (κ2) is 12.5. The minimum Gasteiger partial charge on any atom is -0.478 e. The van der Waals surface area contributed by atoms with E-state index in [1.807, 2.05) is 6.07 Å². The minimum absolute atomic E-state index is 0.00216. The Morgan fingerprint density at radius 3 is 2.07 bits per heavy atom. The summed E-state index contributed by atoms with van der Waals surface area (Å²) in [7, 11) is 0. The Balaban J connectivity index is 2.90. The highest BCUT2D eigenvalue weighted by Crippen LogP contribution is 2.25. The third-order valence-corrected chi connectivity index (χ3v) is 5.11. The summed E-state index contributed by atoms with van der Waals surface area (Å²) < 4.78 is 0. The van der Waals surface area contributed by atoms with Gasteiger partial charge in [0.05, 0.1) is 11.1 Å². The van der Waals surface area contributed by atoms with E-state index in [0.29, 0.717) is 12.3 Å². The van der Waals surface area contributed by atoms with Gasteiger partial charge < -0.3 is 10.2 Å². The molecule has 1 aromatic rings. The summed E-state index contributed by atoms with van der Waals surface area (Å²) in [5.41, 5.74) is 1.66. The van der Waals surface area contributed by atoms with E-state index in [-0.39, 0.29) is 11.1 Å². The van der Waals surface area contributed by atoms with Gasteiger partial charge in [0, 0.05) is 0 Å². The number of rotatable bonds is 14. The van der Waals surface area contributed by atoms with E-state index < -0.39 is 11.9 Å². The van der Waals surface area contributed by atoms with Gasteiger partial charge in [-0.1, -0.05) is 71.8 Å². The Morgan fingerprint density at radius 2 is 1.48 bits per heavy atom. The van der Waals surface area contributed by atoms with Gasteiger partial charge in [0.1, 0.15) is 0 Å². The lowest BCUT2D eigenvalue weighted by Gasteiger charge is -2.15. The van der Waals surface area contributed by atoms with Crippen molar-refractivity contribution in [2.75, 3.05) is 0 Å². The molecule has 0 aliphatic carbocycles. The molecule has 27 heavy (non-hydrogen) atoms. The monoisotopic (exact) mass is 376 g/mol. The van der Waals surface area contributed by atoms with Gasteiger partial charge in [0.15, 0.2) is 0 Å². The van der Waals surface area contributed by atoms with Crippen LogP contribution in [-0.2, 0) is 12.8 Å². The van der Waals surface area contributed by atoms with Gasteiger partial charge in [0.25, 0.3) is 0 Å². The van der Waals surface area contributed by atoms with Gasteiger partial charge in [-0.05, 0) is 48.8 Å². The molecule has 0 aromatic heterocycles. The molecule has 0 saturated carbocycles. The van der Waals surface area contributed by atoms with Crippen molar-refractivity contribution in [3.63, 3.8) is 0 Å². The number of unbranched alkanes of at least 4 members (excludes halogenated alkanes) is 6. The number of benzene rings is 1. The molecular weight excluding hydrogens is 340 g/mol. The van der Waals surface area contributed by atoms with Crippen LogP contribution < -0.4 is 0 Å². The molecule has 0 radical (unpaired) electrons. The lowest BCUT2D eigenvalue weighted by atomic mass is 9.89. The summed E-state index contributed by atoms with van der Waals surface area (Å²) in [6.07, 6.45) is 11.4. The van der Waals surface area contributed by atoms with Gasteiger partial charge in [-0.15, -0.1) is 0 Å². The number of aryl methyl sites for hydroxylation is 1. The lowest BCUT2D eigenvalue weighted by molar-refractivity contribution is 0.0650. The van der Waals surface area contributed by atoms with Crippen LogP contribution in [-0.4, -0.2) is 22.2 Å². The van der Waals surface area contributed by atoms with Gasteiger partial charge in [-0.25, -0.2) is 9.59 Å².